The Bertz CT molecular complexity index is 386. The van der Waals surface area contributed by atoms with Gasteiger partial charge in [-0.2, -0.15) is 0 Å². The van der Waals surface area contributed by atoms with E-state index in [1.54, 1.807) is 0 Å². The lowest BCUT2D eigenvalue weighted by molar-refractivity contribution is 0.222. The molecule has 1 aliphatic rings. The second-order valence-electron chi connectivity index (χ2n) is 5.69. The minimum Gasteiger partial charge on any atom is -0.313 e. The molecular weight excluding hydrogens is 288 g/mol. The number of likely N-dealkylation sites (N-methyl/N-ethyl adjacent to an activating group) is 1. The zero-order valence-corrected chi connectivity index (χ0v) is 13.0. The van der Waals surface area contributed by atoms with Crippen LogP contribution in [0.3, 0.4) is 0 Å². The van der Waals surface area contributed by atoms with E-state index in [1.807, 2.05) is 12.4 Å². The molecule has 0 aromatic carbocycles. The molecular formula is C15H23BrN2. The van der Waals surface area contributed by atoms with Gasteiger partial charge < -0.3 is 5.32 Å². The quantitative estimate of drug-likeness (QED) is 0.891. The van der Waals surface area contributed by atoms with Crippen LogP contribution in [0.2, 0.25) is 0 Å². The summed E-state index contributed by atoms with van der Waals surface area (Å²) >= 11 is 3.51. The largest absolute Gasteiger partial charge is 0.313 e. The lowest BCUT2D eigenvalue weighted by Crippen LogP contribution is -2.43. The van der Waals surface area contributed by atoms with Crippen LogP contribution < -0.4 is 5.32 Å². The Labute approximate surface area is 119 Å². The Hall–Kier alpha value is -0.410. The van der Waals surface area contributed by atoms with Gasteiger partial charge >= 0.3 is 0 Å². The van der Waals surface area contributed by atoms with Gasteiger partial charge in [-0.05, 0) is 58.8 Å². The van der Waals surface area contributed by atoms with Gasteiger partial charge in [-0.1, -0.05) is 26.7 Å². The highest BCUT2D eigenvalue weighted by Gasteiger charge is 2.36. The van der Waals surface area contributed by atoms with Crippen molar-refractivity contribution < 1.29 is 0 Å². The lowest BCUT2D eigenvalue weighted by Gasteiger charge is -2.35. The van der Waals surface area contributed by atoms with Gasteiger partial charge in [0.2, 0.25) is 0 Å². The molecule has 0 aliphatic heterocycles. The maximum atomic E-state index is 4.27. The third-order valence-corrected chi connectivity index (χ3v) is 4.67. The highest BCUT2D eigenvalue weighted by molar-refractivity contribution is 9.10. The first kappa shape index (κ1) is 14.0. The molecule has 1 unspecified atom stereocenters. The first-order chi connectivity index (χ1) is 8.64. The first-order valence-corrected chi connectivity index (χ1v) is 7.76. The third kappa shape index (κ3) is 3.33. The summed E-state index contributed by atoms with van der Waals surface area (Å²) in [5.74, 6) is 0. The molecule has 0 spiro atoms. The minimum atomic E-state index is 0.457. The summed E-state index contributed by atoms with van der Waals surface area (Å²) in [6.07, 6.45) is 10.4. The molecule has 0 amide bonds. The number of rotatable bonds is 5. The Balaban J connectivity index is 2.10. The first-order valence-electron chi connectivity index (χ1n) is 6.97. The van der Waals surface area contributed by atoms with Crippen LogP contribution in [-0.4, -0.2) is 17.6 Å². The molecule has 2 nitrogen and oxygen atoms in total. The van der Waals surface area contributed by atoms with Crippen LogP contribution >= 0.6 is 15.9 Å². The summed E-state index contributed by atoms with van der Waals surface area (Å²) in [5, 5.41) is 3.69. The van der Waals surface area contributed by atoms with E-state index < -0.39 is 0 Å². The smallest absolute Gasteiger partial charge is 0.0410 e. The van der Waals surface area contributed by atoms with E-state index in [0.717, 1.165) is 17.4 Å². The second-order valence-corrected chi connectivity index (χ2v) is 6.60. The van der Waals surface area contributed by atoms with Crippen molar-refractivity contribution in [3.05, 3.63) is 28.5 Å². The molecule has 1 aromatic heterocycles. The molecule has 1 aromatic rings. The number of aromatic nitrogens is 1. The average molecular weight is 311 g/mol. The number of halogens is 1. The van der Waals surface area contributed by atoms with Crippen molar-refractivity contribution in [3.8, 4) is 0 Å². The van der Waals surface area contributed by atoms with Gasteiger partial charge in [-0.15, -0.1) is 0 Å². The topological polar surface area (TPSA) is 24.9 Å². The van der Waals surface area contributed by atoms with Crippen molar-refractivity contribution >= 4 is 15.9 Å². The molecule has 1 heterocycles. The average Bonchev–Trinajstić information content (AvgIpc) is 2.77. The van der Waals surface area contributed by atoms with E-state index in [9.17, 15) is 0 Å². The van der Waals surface area contributed by atoms with Gasteiger partial charge in [0.1, 0.15) is 0 Å². The Morgan fingerprint density at radius 3 is 2.72 bits per heavy atom. The molecule has 1 N–H and O–H groups in total. The van der Waals surface area contributed by atoms with Crippen molar-refractivity contribution in [3.63, 3.8) is 0 Å². The molecule has 1 atom stereocenters. The fourth-order valence-electron chi connectivity index (χ4n) is 3.15. The van der Waals surface area contributed by atoms with Crippen LogP contribution in [0.4, 0.5) is 0 Å². The number of nitrogens with one attached hydrogen (secondary N) is 1. The van der Waals surface area contributed by atoms with Crippen molar-refractivity contribution in [2.45, 2.75) is 52.0 Å². The summed E-state index contributed by atoms with van der Waals surface area (Å²) in [6.45, 7) is 5.69. The maximum Gasteiger partial charge on any atom is 0.0410 e. The van der Waals surface area contributed by atoms with Gasteiger partial charge in [-0.3, -0.25) is 4.98 Å². The zero-order chi connectivity index (χ0) is 13.0. The fraction of sp³-hybridized carbons (Fsp3) is 0.667. The molecule has 100 valence electrons. The van der Waals surface area contributed by atoms with E-state index in [0.29, 0.717) is 11.5 Å². The fourth-order valence-corrected chi connectivity index (χ4v) is 3.56. The van der Waals surface area contributed by atoms with Crippen LogP contribution in [-0.2, 0) is 6.42 Å². The van der Waals surface area contributed by atoms with Gasteiger partial charge in [0.15, 0.2) is 0 Å². The number of pyridine rings is 1. The third-order valence-electron chi connectivity index (χ3n) is 4.24. The normalized spacial score (nSPS) is 19.9. The second kappa shape index (κ2) is 6.16. The van der Waals surface area contributed by atoms with Crippen molar-refractivity contribution in [1.29, 1.82) is 0 Å². The predicted octanol–water partition coefficient (Wildman–Crippen LogP) is 3.95. The molecule has 1 fully saturated rings. The summed E-state index contributed by atoms with van der Waals surface area (Å²) in [7, 11) is 0. The van der Waals surface area contributed by atoms with Crippen LogP contribution in [0.15, 0.2) is 22.9 Å². The molecule has 0 bridgehead atoms. The predicted molar refractivity (Wildman–Crippen MR) is 79.7 cm³/mol. The monoisotopic (exact) mass is 310 g/mol. The van der Waals surface area contributed by atoms with Gasteiger partial charge in [0.05, 0.1) is 0 Å². The summed E-state index contributed by atoms with van der Waals surface area (Å²) in [4.78, 5) is 4.27. The van der Waals surface area contributed by atoms with Crippen molar-refractivity contribution in [2.75, 3.05) is 6.54 Å². The van der Waals surface area contributed by atoms with Gasteiger partial charge in [0, 0.05) is 22.9 Å². The number of nitrogens with zero attached hydrogens (tertiary/aromatic N) is 1. The van der Waals surface area contributed by atoms with Crippen LogP contribution in [0.1, 0.15) is 45.1 Å². The van der Waals surface area contributed by atoms with E-state index >= 15 is 0 Å². The molecule has 0 saturated heterocycles. The van der Waals surface area contributed by atoms with E-state index in [-0.39, 0.29) is 0 Å². The zero-order valence-electron chi connectivity index (χ0n) is 11.4. The van der Waals surface area contributed by atoms with Crippen LogP contribution in [0.5, 0.6) is 0 Å². The molecule has 0 radical (unpaired) electrons. The molecule has 3 heteroatoms. The Morgan fingerprint density at radius 1 is 1.39 bits per heavy atom. The number of hydrogen-bond acceptors (Lipinski definition) is 2. The lowest BCUT2D eigenvalue weighted by atomic mass is 9.78. The summed E-state index contributed by atoms with van der Waals surface area (Å²) in [6, 6.07) is 2.76. The van der Waals surface area contributed by atoms with E-state index in [2.05, 4.69) is 46.1 Å². The van der Waals surface area contributed by atoms with E-state index in [1.165, 1.54) is 31.2 Å². The van der Waals surface area contributed by atoms with Crippen LogP contribution in [0.25, 0.3) is 0 Å². The molecule has 1 aliphatic carbocycles. The molecule has 18 heavy (non-hydrogen) atoms. The highest BCUT2D eigenvalue weighted by Crippen LogP contribution is 2.41. The molecule has 2 rings (SSSR count). The molecule has 1 saturated carbocycles. The summed E-state index contributed by atoms with van der Waals surface area (Å²) in [5.41, 5.74) is 1.78. The van der Waals surface area contributed by atoms with Crippen LogP contribution in [0, 0.1) is 5.41 Å². The maximum absolute atomic E-state index is 4.27. The SMILES string of the molecule is CCNC(Cc1cncc(Br)c1)C1(C)CCCC1. The van der Waals surface area contributed by atoms with E-state index in [4.69, 9.17) is 0 Å². The number of hydrogen-bond donors (Lipinski definition) is 1. The van der Waals surface area contributed by atoms with Crippen molar-refractivity contribution in [2.24, 2.45) is 5.41 Å². The van der Waals surface area contributed by atoms with Gasteiger partial charge in [0.25, 0.3) is 0 Å². The standard InChI is InChI=1S/C15H23BrN2/c1-3-18-14(15(2)6-4-5-7-15)9-12-8-13(16)11-17-10-12/h8,10-11,14,18H,3-7,9H2,1-2H3. The van der Waals surface area contributed by atoms with Gasteiger partial charge in [-0.25, -0.2) is 0 Å². The Kier molecular flexibility index (Phi) is 4.79. The Morgan fingerprint density at radius 2 is 2.11 bits per heavy atom. The highest BCUT2D eigenvalue weighted by atomic mass is 79.9. The van der Waals surface area contributed by atoms with Crippen molar-refractivity contribution in [1.82, 2.24) is 10.3 Å². The summed E-state index contributed by atoms with van der Waals surface area (Å²) < 4.78 is 1.08. The minimum absolute atomic E-state index is 0.457.